The Morgan fingerprint density at radius 2 is 2.00 bits per heavy atom. The average molecular weight is 272 g/mol. The highest BCUT2D eigenvalue weighted by molar-refractivity contribution is 5.49. The summed E-state index contributed by atoms with van der Waals surface area (Å²) in [6.45, 7) is 0. The van der Waals surface area contributed by atoms with Gasteiger partial charge in [0.1, 0.15) is 12.7 Å². The molecule has 3 heterocycles. The lowest BCUT2D eigenvalue weighted by Gasteiger charge is -2.06. The van der Waals surface area contributed by atoms with Gasteiger partial charge >= 0.3 is 0 Å². The van der Waals surface area contributed by atoms with Crippen LogP contribution in [-0.4, -0.2) is 46.5 Å². The van der Waals surface area contributed by atoms with Crippen molar-refractivity contribution in [2.75, 3.05) is 17.7 Å². The van der Waals surface area contributed by atoms with Crippen LogP contribution in [0.2, 0.25) is 0 Å². The molecule has 0 spiro atoms. The lowest BCUT2D eigenvalue weighted by molar-refractivity contribution is 0.769. The predicted molar refractivity (Wildman–Crippen MR) is 70.8 cm³/mol. The van der Waals surface area contributed by atoms with E-state index in [1.54, 1.807) is 11.7 Å². The standard InChI is InChI=1S/C10H12N10/c1-11-8-15-9(14-7-3-4-19(2)18-7)17-10(16-8)20-6-12-5-13-20/h3-6H,1-2H3,(H2,11,14,15,16,17,18). The van der Waals surface area contributed by atoms with E-state index in [1.165, 1.54) is 17.3 Å². The highest BCUT2D eigenvalue weighted by Crippen LogP contribution is 2.12. The number of nitrogens with zero attached hydrogens (tertiary/aromatic N) is 8. The van der Waals surface area contributed by atoms with Crippen molar-refractivity contribution in [3.8, 4) is 5.95 Å². The quantitative estimate of drug-likeness (QED) is 0.681. The third-order valence-electron chi connectivity index (χ3n) is 2.42. The Hall–Kier alpha value is -3.04. The normalized spacial score (nSPS) is 10.5. The summed E-state index contributed by atoms with van der Waals surface area (Å²) in [7, 11) is 3.56. The van der Waals surface area contributed by atoms with Crippen molar-refractivity contribution in [2.24, 2.45) is 7.05 Å². The molecular weight excluding hydrogens is 260 g/mol. The minimum atomic E-state index is 0.361. The van der Waals surface area contributed by atoms with Crippen LogP contribution >= 0.6 is 0 Å². The van der Waals surface area contributed by atoms with E-state index in [0.29, 0.717) is 23.7 Å². The Morgan fingerprint density at radius 3 is 2.65 bits per heavy atom. The zero-order valence-corrected chi connectivity index (χ0v) is 10.9. The van der Waals surface area contributed by atoms with E-state index in [0.717, 1.165) is 0 Å². The van der Waals surface area contributed by atoms with Crippen LogP contribution in [0.25, 0.3) is 5.95 Å². The number of hydrogen-bond acceptors (Lipinski definition) is 8. The number of aryl methyl sites for hydroxylation is 1. The highest BCUT2D eigenvalue weighted by atomic mass is 15.4. The summed E-state index contributed by atoms with van der Waals surface area (Å²) in [5.41, 5.74) is 0. The molecule has 3 rings (SSSR count). The van der Waals surface area contributed by atoms with Gasteiger partial charge < -0.3 is 10.6 Å². The van der Waals surface area contributed by atoms with Crippen molar-refractivity contribution in [1.29, 1.82) is 0 Å². The average Bonchev–Trinajstić information content (AvgIpc) is 3.10. The molecule has 10 nitrogen and oxygen atoms in total. The molecule has 0 atom stereocenters. The van der Waals surface area contributed by atoms with E-state index >= 15 is 0 Å². The number of anilines is 3. The Kier molecular flexibility index (Phi) is 2.95. The zero-order chi connectivity index (χ0) is 13.9. The lowest BCUT2D eigenvalue weighted by atomic mass is 10.6. The molecule has 0 radical (unpaired) electrons. The minimum Gasteiger partial charge on any atom is -0.357 e. The molecule has 0 saturated carbocycles. The van der Waals surface area contributed by atoms with Crippen LogP contribution in [0.1, 0.15) is 0 Å². The van der Waals surface area contributed by atoms with E-state index in [-0.39, 0.29) is 0 Å². The van der Waals surface area contributed by atoms with Crippen LogP contribution < -0.4 is 10.6 Å². The van der Waals surface area contributed by atoms with Crippen molar-refractivity contribution in [2.45, 2.75) is 0 Å². The summed E-state index contributed by atoms with van der Waals surface area (Å²) >= 11 is 0. The number of aromatic nitrogens is 8. The van der Waals surface area contributed by atoms with Gasteiger partial charge in [-0.25, -0.2) is 4.98 Å². The first kappa shape index (κ1) is 12.0. The number of nitrogens with one attached hydrogen (secondary N) is 2. The maximum Gasteiger partial charge on any atom is 0.258 e. The molecule has 0 amide bonds. The van der Waals surface area contributed by atoms with E-state index < -0.39 is 0 Å². The monoisotopic (exact) mass is 272 g/mol. The van der Waals surface area contributed by atoms with E-state index in [9.17, 15) is 0 Å². The van der Waals surface area contributed by atoms with Crippen LogP contribution in [0.15, 0.2) is 24.9 Å². The Labute approximate surface area is 113 Å². The summed E-state index contributed by atoms with van der Waals surface area (Å²) in [6, 6.07) is 1.82. The van der Waals surface area contributed by atoms with Crippen LogP contribution in [0.5, 0.6) is 0 Å². The van der Waals surface area contributed by atoms with Crippen LogP contribution in [-0.2, 0) is 7.05 Å². The third kappa shape index (κ3) is 2.39. The van der Waals surface area contributed by atoms with Crippen LogP contribution in [0, 0.1) is 0 Å². The molecular formula is C10H12N10. The fourth-order valence-corrected chi connectivity index (χ4v) is 1.54. The second-order valence-corrected chi connectivity index (χ2v) is 3.87. The van der Waals surface area contributed by atoms with Gasteiger partial charge in [0.05, 0.1) is 0 Å². The summed E-state index contributed by atoms with van der Waals surface area (Å²) in [5, 5.41) is 14.1. The van der Waals surface area contributed by atoms with Crippen molar-refractivity contribution >= 4 is 17.7 Å². The van der Waals surface area contributed by atoms with Gasteiger partial charge in [0.15, 0.2) is 5.82 Å². The molecule has 2 N–H and O–H groups in total. The summed E-state index contributed by atoms with van der Waals surface area (Å²) in [4.78, 5) is 16.5. The van der Waals surface area contributed by atoms with Gasteiger partial charge in [0.2, 0.25) is 11.9 Å². The van der Waals surface area contributed by atoms with Crippen LogP contribution in [0.3, 0.4) is 0 Å². The van der Waals surface area contributed by atoms with E-state index in [4.69, 9.17) is 0 Å². The Balaban J connectivity index is 1.96. The Bertz CT molecular complexity index is 701. The molecule has 10 heteroatoms. The molecule has 0 fully saturated rings. The van der Waals surface area contributed by atoms with E-state index in [2.05, 4.69) is 40.8 Å². The molecule has 0 aromatic carbocycles. The van der Waals surface area contributed by atoms with Crippen molar-refractivity contribution in [3.63, 3.8) is 0 Å². The third-order valence-corrected chi connectivity index (χ3v) is 2.42. The fourth-order valence-electron chi connectivity index (χ4n) is 1.54. The summed E-state index contributed by atoms with van der Waals surface area (Å²) < 4.78 is 3.13. The van der Waals surface area contributed by atoms with Gasteiger partial charge in [-0.2, -0.15) is 29.8 Å². The number of rotatable bonds is 4. The SMILES string of the molecule is CNc1nc(Nc2ccn(C)n2)nc(-n2cncn2)n1. The molecule has 3 aromatic heterocycles. The van der Waals surface area contributed by atoms with E-state index in [1.807, 2.05) is 19.3 Å². The molecule has 0 aliphatic carbocycles. The first-order chi connectivity index (χ1) is 9.74. The molecule has 20 heavy (non-hydrogen) atoms. The first-order valence-corrected chi connectivity index (χ1v) is 5.80. The largest absolute Gasteiger partial charge is 0.357 e. The molecule has 0 bridgehead atoms. The molecule has 0 unspecified atom stereocenters. The smallest absolute Gasteiger partial charge is 0.258 e. The van der Waals surface area contributed by atoms with Crippen molar-refractivity contribution in [1.82, 2.24) is 39.5 Å². The van der Waals surface area contributed by atoms with Gasteiger partial charge in [-0.3, -0.25) is 4.68 Å². The minimum absolute atomic E-state index is 0.361. The second-order valence-electron chi connectivity index (χ2n) is 3.87. The van der Waals surface area contributed by atoms with Gasteiger partial charge in [-0.05, 0) is 0 Å². The molecule has 102 valence electrons. The summed E-state index contributed by atoms with van der Waals surface area (Å²) in [6.07, 6.45) is 4.74. The van der Waals surface area contributed by atoms with Crippen LogP contribution in [0.4, 0.5) is 17.7 Å². The molecule has 0 aliphatic heterocycles. The van der Waals surface area contributed by atoms with Crippen molar-refractivity contribution < 1.29 is 0 Å². The number of hydrogen-bond donors (Lipinski definition) is 2. The van der Waals surface area contributed by atoms with Gasteiger partial charge in [-0.1, -0.05) is 0 Å². The summed E-state index contributed by atoms with van der Waals surface area (Å²) in [5.74, 6) is 1.79. The molecule has 0 aliphatic rings. The maximum absolute atomic E-state index is 4.27. The van der Waals surface area contributed by atoms with Gasteiger partial charge in [0.25, 0.3) is 5.95 Å². The second kappa shape index (κ2) is 4.91. The topological polar surface area (TPSA) is 111 Å². The van der Waals surface area contributed by atoms with Gasteiger partial charge in [-0.15, -0.1) is 0 Å². The maximum atomic E-state index is 4.27. The molecule has 3 aromatic rings. The van der Waals surface area contributed by atoms with Gasteiger partial charge in [0, 0.05) is 26.4 Å². The highest BCUT2D eigenvalue weighted by Gasteiger charge is 2.09. The molecule has 0 saturated heterocycles. The predicted octanol–water partition coefficient (Wildman–Crippen LogP) is -0.0289. The zero-order valence-electron chi connectivity index (χ0n) is 10.9. The lowest BCUT2D eigenvalue weighted by Crippen LogP contribution is -2.10. The van der Waals surface area contributed by atoms with Crippen molar-refractivity contribution in [3.05, 3.63) is 24.9 Å². The first-order valence-electron chi connectivity index (χ1n) is 5.80. The Morgan fingerprint density at radius 1 is 1.15 bits per heavy atom. The fraction of sp³-hybridized carbons (Fsp3) is 0.200.